The van der Waals surface area contributed by atoms with Crippen molar-refractivity contribution >= 4 is 17.5 Å². The van der Waals surface area contributed by atoms with Crippen molar-refractivity contribution in [3.63, 3.8) is 0 Å². The third kappa shape index (κ3) is 3.55. The monoisotopic (exact) mass is 389 g/mol. The number of rotatable bonds is 4. The Balaban J connectivity index is 1.50. The molecule has 8 heteroatoms. The molecule has 1 aliphatic heterocycles. The molecular formula is C19H14ClF2N3O2. The standard InChI is InChI=1S/C19H14ClF2N3O2/c20-15-4-2-1-3-14(15)18-23-19(27-24-18)12-7-17(26)25(10-12)9-11-5-6-13(21)8-16(11)22/h1-6,8,12H,7,9-10H2/t12-/m1/s1. The largest absolute Gasteiger partial charge is 0.339 e. The minimum atomic E-state index is -0.676. The van der Waals surface area contributed by atoms with Gasteiger partial charge in [0.25, 0.3) is 0 Å². The molecule has 0 radical (unpaired) electrons. The highest BCUT2D eigenvalue weighted by Crippen LogP contribution is 2.31. The van der Waals surface area contributed by atoms with E-state index < -0.39 is 11.6 Å². The van der Waals surface area contributed by atoms with Gasteiger partial charge in [0.05, 0.1) is 10.9 Å². The van der Waals surface area contributed by atoms with Gasteiger partial charge < -0.3 is 9.42 Å². The van der Waals surface area contributed by atoms with E-state index in [9.17, 15) is 13.6 Å². The predicted molar refractivity (Wildman–Crippen MR) is 93.9 cm³/mol. The zero-order valence-corrected chi connectivity index (χ0v) is 14.8. The highest BCUT2D eigenvalue weighted by atomic mass is 35.5. The van der Waals surface area contributed by atoms with Crippen molar-refractivity contribution in [2.24, 2.45) is 0 Å². The Bertz CT molecular complexity index is 1010. The van der Waals surface area contributed by atoms with E-state index in [1.807, 2.05) is 6.07 Å². The third-order valence-electron chi connectivity index (χ3n) is 4.50. The number of carbonyl (C=O) groups is 1. The molecule has 4 rings (SSSR count). The molecule has 1 aliphatic rings. The normalized spacial score (nSPS) is 16.9. The summed E-state index contributed by atoms with van der Waals surface area (Å²) in [5, 5.41) is 4.45. The minimum absolute atomic E-state index is 0.0625. The van der Waals surface area contributed by atoms with Gasteiger partial charge in [-0.15, -0.1) is 0 Å². The molecule has 0 spiro atoms. The van der Waals surface area contributed by atoms with E-state index in [0.29, 0.717) is 28.8 Å². The third-order valence-corrected chi connectivity index (χ3v) is 4.83. The summed E-state index contributed by atoms with van der Waals surface area (Å²) in [6.07, 6.45) is 0.187. The number of nitrogens with zero attached hydrogens (tertiary/aromatic N) is 3. The number of likely N-dealkylation sites (tertiary alicyclic amines) is 1. The molecule has 0 bridgehead atoms. The summed E-state index contributed by atoms with van der Waals surface area (Å²) >= 11 is 6.14. The second-order valence-electron chi connectivity index (χ2n) is 6.35. The van der Waals surface area contributed by atoms with Gasteiger partial charge in [0.2, 0.25) is 17.6 Å². The first-order valence-electron chi connectivity index (χ1n) is 8.31. The molecule has 2 heterocycles. The number of hydrogen-bond acceptors (Lipinski definition) is 4. The maximum Gasteiger partial charge on any atom is 0.232 e. The second kappa shape index (κ2) is 7.08. The predicted octanol–water partition coefficient (Wildman–Crippen LogP) is 4.18. The van der Waals surface area contributed by atoms with Crippen LogP contribution in [0.25, 0.3) is 11.4 Å². The molecule has 1 fully saturated rings. The fourth-order valence-electron chi connectivity index (χ4n) is 3.10. The van der Waals surface area contributed by atoms with Gasteiger partial charge in [0.15, 0.2) is 0 Å². The molecule has 2 aromatic carbocycles. The Hall–Kier alpha value is -2.80. The summed E-state index contributed by atoms with van der Waals surface area (Å²) < 4.78 is 32.2. The van der Waals surface area contributed by atoms with E-state index in [4.69, 9.17) is 16.1 Å². The molecule has 1 amide bonds. The second-order valence-corrected chi connectivity index (χ2v) is 6.75. The molecule has 1 aromatic heterocycles. The fraction of sp³-hybridized carbons (Fsp3) is 0.211. The lowest BCUT2D eigenvalue weighted by molar-refractivity contribution is -0.128. The summed E-state index contributed by atoms with van der Waals surface area (Å²) in [6.45, 7) is 0.382. The first-order chi connectivity index (χ1) is 13.0. The number of halogens is 3. The van der Waals surface area contributed by atoms with Crippen molar-refractivity contribution in [1.29, 1.82) is 0 Å². The maximum absolute atomic E-state index is 13.8. The number of aromatic nitrogens is 2. The molecule has 3 aromatic rings. The number of benzene rings is 2. The van der Waals surface area contributed by atoms with Crippen molar-refractivity contribution in [3.8, 4) is 11.4 Å². The SMILES string of the molecule is O=C1C[C@@H](c2nc(-c3ccccc3Cl)no2)CN1Cc1ccc(F)cc1F. The van der Waals surface area contributed by atoms with Crippen LogP contribution >= 0.6 is 11.6 Å². The summed E-state index contributed by atoms with van der Waals surface area (Å²) in [5.74, 6) is -1.08. The van der Waals surface area contributed by atoms with Crippen molar-refractivity contribution in [1.82, 2.24) is 15.0 Å². The minimum Gasteiger partial charge on any atom is -0.339 e. The van der Waals surface area contributed by atoms with Crippen LogP contribution in [0.2, 0.25) is 5.02 Å². The molecule has 0 N–H and O–H groups in total. The molecule has 0 saturated carbocycles. The highest BCUT2D eigenvalue weighted by Gasteiger charge is 2.34. The molecule has 5 nitrogen and oxygen atoms in total. The van der Waals surface area contributed by atoms with Crippen molar-refractivity contribution in [3.05, 3.63) is 70.6 Å². The molecule has 0 aliphatic carbocycles. The summed E-state index contributed by atoms with van der Waals surface area (Å²) in [4.78, 5) is 18.2. The quantitative estimate of drug-likeness (QED) is 0.671. The van der Waals surface area contributed by atoms with Crippen LogP contribution in [-0.4, -0.2) is 27.5 Å². The topological polar surface area (TPSA) is 59.2 Å². The number of carbonyl (C=O) groups excluding carboxylic acids is 1. The summed E-state index contributed by atoms with van der Waals surface area (Å²) in [7, 11) is 0. The van der Waals surface area contributed by atoms with Crippen LogP contribution in [0.3, 0.4) is 0 Å². The zero-order chi connectivity index (χ0) is 19.0. The van der Waals surface area contributed by atoms with Gasteiger partial charge in [0, 0.05) is 36.7 Å². The van der Waals surface area contributed by atoms with Gasteiger partial charge in [-0.1, -0.05) is 35.0 Å². The fourth-order valence-corrected chi connectivity index (χ4v) is 3.32. The maximum atomic E-state index is 13.8. The van der Waals surface area contributed by atoms with E-state index in [1.54, 1.807) is 18.2 Å². The first kappa shape index (κ1) is 17.6. The van der Waals surface area contributed by atoms with Gasteiger partial charge in [-0.2, -0.15) is 4.98 Å². The van der Waals surface area contributed by atoms with Gasteiger partial charge in [-0.05, 0) is 18.2 Å². The van der Waals surface area contributed by atoms with Crippen LogP contribution in [-0.2, 0) is 11.3 Å². The van der Waals surface area contributed by atoms with Crippen LogP contribution in [0.1, 0.15) is 23.8 Å². The molecular weight excluding hydrogens is 376 g/mol. The molecule has 1 saturated heterocycles. The average molecular weight is 390 g/mol. The van der Waals surface area contributed by atoms with Crippen molar-refractivity contribution in [2.45, 2.75) is 18.9 Å². The van der Waals surface area contributed by atoms with E-state index >= 15 is 0 Å². The molecule has 1 atom stereocenters. The van der Waals surface area contributed by atoms with E-state index in [1.165, 1.54) is 17.0 Å². The summed E-state index contributed by atoms with van der Waals surface area (Å²) in [6, 6.07) is 10.4. The number of amides is 1. The zero-order valence-electron chi connectivity index (χ0n) is 14.0. The Morgan fingerprint density at radius 3 is 2.81 bits per heavy atom. The van der Waals surface area contributed by atoms with Crippen LogP contribution in [0, 0.1) is 11.6 Å². The van der Waals surface area contributed by atoms with Gasteiger partial charge in [-0.25, -0.2) is 8.78 Å². The number of hydrogen-bond donors (Lipinski definition) is 0. The first-order valence-corrected chi connectivity index (χ1v) is 8.69. The molecule has 138 valence electrons. The summed E-state index contributed by atoms with van der Waals surface area (Å²) in [5.41, 5.74) is 0.899. The van der Waals surface area contributed by atoms with Crippen LogP contribution < -0.4 is 0 Å². The molecule has 27 heavy (non-hydrogen) atoms. The van der Waals surface area contributed by atoms with Crippen LogP contribution in [0.4, 0.5) is 8.78 Å². The van der Waals surface area contributed by atoms with Gasteiger partial charge in [-0.3, -0.25) is 4.79 Å². The Morgan fingerprint density at radius 1 is 1.22 bits per heavy atom. The van der Waals surface area contributed by atoms with E-state index in [-0.39, 0.29) is 30.4 Å². The van der Waals surface area contributed by atoms with Gasteiger partial charge >= 0.3 is 0 Å². The van der Waals surface area contributed by atoms with Crippen molar-refractivity contribution in [2.75, 3.05) is 6.54 Å². The smallest absolute Gasteiger partial charge is 0.232 e. The van der Waals surface area contributed by atoms with E-state index in [2.05, 4.69) is 10.1 Å². The Labute approximate surface area is 158 Å². The lowest BCUT2D eigenvalue weighted by atomic mass is 10.1. The Kier molecular flexibility index (Phi) is 4.61. The van der Waals surface area contributed by atoms with Gasteiger partial charge in [0.1, 0.15) is 11.6 Å². The van der Waals surface area contributed by atoms with Crippen molar-refractivity contribution < 1.29 is 18.1 Å². The van der Waals surface area contributed by atoms with E-state index in [0.717, 1.165) is 6.07 Å². The molecule has 0 unspecified atom stereocenters. The lowest BCUT2D eigenvalue weighted by Gasteiger charge is -2.16. The highest BCUT2D eigenvalue weighted by molar-refractivity contribution is 6.33. The van der Waals surface area contributed by atoms with Crippen LogP contribution in [0.15, 0.2) is 47.0 Å². The van der Waals surface area contributed by atoms with Crippen LogP contribution in [0.5, 0.6) is 0 Å². The Morgan fingerprint density at radius 2 is 2.04 bits per heavy atom. The average Bonchev–Trinajstić information content (AvgIpc) is 3.25. The lowest BCUT2D eigenvalue weighted by Crippen LogP contribution is -2.25.